The molecule has 0 aliphatic heterocycles. The maximum absolute atomic E-state index is 12.0. The molecule has 224 valence electrons. The lowest BCUT2D eigenvalue weighted by Crippen LogP contribution is -2.19. The summed E-state index contributed by atoms with van der Waals surface area (Å²) in [4.78, 5) is 36.8. The molecule has 2 aromatic rings. The Hall–Kier alpha value is -3.89. The molecular weight excluding hydrogens is 523 g/mol. The van der Waals surface area contributed by atoms with Crippen molar-refractivity contribution in [1.82, 2.24) is 4.98 Å². The molecular formula is C29H43FN2O8. The van der Waals surface area contributed by atoms with E-state index in [2.05, 4.69) is 23.6 Å². The maximum atomic E-state index is 12.0. The molecule has 1 heterocycles. The molecule has 0 radical (unpaired) electrons. The number of carbonyl (C=O) groups excluding carboxylic acids is 3. The number of aromatic hydroxyl groups is 1. The number of phenols is 1. The first-order chi connectivity index (χ1) is 18.8. The van der Waals surface area contributed by atoms with Crippen molar-refractivity contribution in [2.75, 3.05) is 13.9 Å². The summed E-state index contributed by atoms with van der Waals surface area (Å²) in [5, 5.41) is 8.57. The van der Waals surface area contributed by atoms with Crippen molar-refractivity contribution >= 4 is 17.8 Å². The highest BCUT2D eigenvalue weighted by Crippen LogP contribution is 2.29. The maximum Gasteiger partial charge on any atom is 0.306 e. The Morgan fingerprint density at radius 3 is 2.20 bits per heavy atom. The van der Waals surface area contributed by atoms with Gasteiger partial charge in [0.25, 0.3) is 5.91 Å². The van der Waals surface area contributed by atoms with Crippen LogP contribution in [0, 0.1) is 17.7 Å². The second kappa shape index (κ2) is 20.1. The fourth-order valence-corrected chi connectivity index (χ4v) is 3.30. The fraction of sp³-hybridized carbons (Fsp3) is 0.517. The molecule has 1 aromatic carbocycles. The molecule has 3 N–H and O–H groups in total. The first kappa shape index (κ1) is 36.1. The lowest BCUT2D eigenvalue weighted by atomic mass is 9.97. The molecule has 0 aliphatic rings. The molecule has 0 saturated heterocycles. The number of phenolic OH excluding ortho intramolecular Hbond substituents is 1. The third kappa shape index (κ3) is 16.2. The number of hydrogen-bond donors (Lipinski definition) is 2. The molecule has 10 nitrogen and oxygen atoms in total. The van der Waals surface area contributed by atoms with Crippen LogP contribution in [0.3, 0.4) is 0 Å². The molecule has 2 rings (SSSR count). The first-order valence-corrected chi connectivity index (χ1v) is 13.1. The number of hydrogen-bond acceptors (Lipinski definition) is 9. The highest BCUT2D eigenvalue weighted by atomic mass is 19.1. The highest BCUT2D eigenvalue weighted by molar-refractivity contribution is 5.94. The normalized spacial score (nSPS) is 10.8. The van der Waals surface area contributed by atoms with Crippen LogP contribution in [0.2, 0.25) is 0 Å². The van der Waals surface area contributed by atoms with Crippen molar-refractivity contribution in [2.45, 2.75) is 73.3 Å². The van der Waals surface area contributed by atoms with Gasteiger partial charge in [-0.3, -0.25) is 14.4 Å². The van der Waals surface area contributed by atoms with Crippen molar-refractivity contribution in [1.29, 1.82) is 0 Å². The summed E-state index contributed by atoms with van der Waals surface area (Å²) in [5.41, 5.74) is 5.04. The van der Waals surface area contributed by atoms with E-state index >= 15 is 0 Å². The monoisotopic (exact) mass is 566 g/mol. The van der Waals surface area contributed by atoms with Crippen LogP contribution < -0.4 is 15.2 Å². The number of esters is 2. The Morgan fingerprint density at radius 1 is 1.10 bits per heavy atom. The SMILES string of the molecule is CCC(CC)CC(C)OC(=O)CC(C)C.COc1ccnc(C(N)=O)c1OCOC(C)=O.Oc1cccc(F)c1. The zero-order valence-corrected chi connectivity index (χ0v) is 24.4. The lowest BCUT2D eigenvalue weighted by Gasteiger charge is -2.19. The van der Waals surface area contributed by atoms with Crippen LogP contribution in [0.25, 0.3) is 0 Å². The molecule has 1 aromatic heterocycles. The van der Waals surface area contributed by atoms with E-state index in [0.717, 1.165) is 12.5 Å². The summed E-state index contributed by atoms with van der Waals surface area (Å²) >= 11 is 0. The number of halogens is 1. The van der Waals surface area contributed by atoms with Gasteiger partial charge in [-0.2, -0.15) is 0 Å². The quantitative estimate of drug-likeness (QED) is 0.254. The van der Waals surface area contributed by atoms with Gasteiger partial charge < -0.3 is 29.8 Å². The van der Waals surface area contributed by atoms with Crippen molar-refractivity contribution < 1.29 is 42.8 Å². The molecule has 0 spiro atoms. The second-order valence-electron chi connectivity index (χ2n) is 9.25. The van der Waals surface area contributed by atoms with Gasteiger partial charge in [-0.15, -0.1) is 0 Å². The van der Waals surface area contributed by atoms with Crippen LogP contribution in [-0.4, -0.2) is 47.9 Å². The van der Waals surface area contributed by atoms with Gasteiger partial charge in [-0.05, 0) is 37.3 Å². The summed E-state index contributed by atoms with van der Waals surface area (Å²) in [5.74, 6) is -0.372. The average molecular weight is 567 g/mol. The number of benzene rings is 1. The molecule has 1 atom stereocenters. The Bertz CT molecular complexity index is 1030. The molecule has 1 amide bonds. The predicted octanol–water partition coefficient (Wildman–Crippen LogP) is 5.41. The summed E-state index contributed by atoms with van der Waals surface area (Å²) in [7, 11) is 1.40. The Morgan fingerprint density at radius 2 is 1.75 bits per heavy atom. The minimum absolute atomic E-state index is 0.0370. The summed E-state index contributed by atoms with van der Waals surface area (Å²) in [6, 6.07) is 6.70. The van der Waals surface area contributed by atoms with Crippen LogP contribution in [0.5, 0.6) is 17.2 Å². The highest BCUT2D eigenvalue weighted by Gasteiger charge is 2.17. The molecule has 0 saturated carbocycles. The van der Waals surface area contributed by atoms with Gasteiger partial charge in [0, 0.05) is 31.7 Å². The minimum atomic E-state index is -0.762. The molecule has 11 heteroatoms. The number of ether oxygens (including phenoxy) is 4. The minimum Gasteiger partial charge on any atom is -0.508 e. The summed E-state index contributed by atoms with van der Waals surface area (Å²) in [6.45, 7) is 11.3. The van der Waals surface area contributed by atoms with Gasteiger partial charge in [-0.1, -0.05) is 46.6 Å². The predicted molar refractivity (Wildman–Crippen MR) is 148 cm³/mol. The number of primary amides is 1. The third-order valence-corrected chi connectivity index (χ3v) is 5.32. The van der Waals surface area contributed by atoms with Gasteiger partial charge >= 0.3 is 11.9 Å². The number of pyridine rings is 1. The molecule has 0 bridgehead atoms. The van der Waals surface area contributed by atoms with E-state index in [1.165, 1.54) is 57.3 Å². The van der Waals surface area contributed by atoms with Gasteiger partial charge in [0.15, 0.2) is 17.2 Å². The molecule has 0 fully saturated rings. The van der Waals surface area contributed by atoms with Crippen molar-refractivity contribution in [3.63, 3.8) is 0 Å². The van der Waals surface area contributed by atoms with E-state index in [1.807, 2.05) is 20.8 Å². The van der Waals surface area contributed by atoms with Crippen molar-refractivity contribution in [3.8, 4) is 17.2 Å². The van der Waals surface area contributed by atoms with Gasteiger partial charge in [0.1, 0.15) is 11.6 Å². The molecule has 1 unspecified atom stereocenters. The number of aromatic nitrogens is 1. The molecule has 40 heavy (non-hydrogen) atoms. The number of nitrogens with zero attached hydrogens (tertiary/aromatic N) is 1. The summed E-state index contributed by atoms with van der Waals surface area (Å²) < 4.78 is 32.0. The Labute approximate surface area is 236 Å². The lowest BCUT2D eigenvalue weighted by molar-refractivity contribution is -0.150. The number of rotatable bonds is 12. The van der Waals surface area contributed by atoms with Crippen LogP contribution in [-0.2, 0) is 19.1 Å². The zero-order valence-electron chi connectivity index (χ0n) is 24.4. The number of nitrogens with two attached hydrogens (primary N) is 1. The molecule has 0 aliphatic carbocycles. The van der Waals surface area contributed by atoms with E-state index in [0.29, 0.717) is 18.3 Å². The van der Waals surface area contributed by atoms with Crippen LogP contribution in [0.15, 0.2) is 36.5 Å². The van der Waals surface area contributed by atoms with E-state index < -0.39 is 17.7 Å². The van der Waals surface area contributed by atoms with E-state index in [9.17, 15) is 18.8 Å². The fourth-order valence-electron chi connectivity index (χ4n) is 3.30. The first-order valence-electron chi connectivity index (χ1n) is 13.1. The standard InChI is InChI=1S/C13H26O2.C10H12N2O5.C6H5FO/c1-6-12(7-2)9-11(5)15-13(14)8-10(3)4;1-6(13)16-5-17-9-7(15-2)3-4-12-8(9)10(11)14;7-5-2-1-3-6(8)4-5/h10-12H,6-9H2,1-5H3;3-4H,5H2,1-2H3,(H2,11,14);1-4,8H. The second-order valence-corrected chi connectivity index (χ2v) is 9.25. The van der Waals surface area contributed by atoms with E-state index in [1.54, 1.807) is 0 Å². The van der Waals surface area contributed by atoms with E-state index in [-0.39, 0.29) is 41.8 Å². The summed E-state index contributed by atoms with van der Waals surface area (Å²) in [6.07, 6.45) is 5.30. The smallest absolute Gasteiger partial charge is 0.306 e. The third-order valence-electron chi connectivity index (χ3n) is 5.32. The van der Waals surface area contributed by atoms with Crippen LogP contribution in [0.4, 0.5) is 4.39 Å². The van der Waals surface area contributed by atoms with Crippen molar-refractivity contribution in [2.24, 2.45) is 17.6 Å². The zero-order chi connectivity index (χ0) is 30.7. The van der Waals surface area contributed by atoms with Gasteiger partial charge in [0.05, 0.1) is 13.2 Å². The average Bonchev–Trinajstić information content (AvgIpc) is 2.87. The van der Waals surface area contributed by atoms with Crippen LogP contribution >= 0.6 is 0 Å². The Kier molecular flexibility index (Phi) is 18.1. The van der Waals surface area contributed by atoms with Gasteiger partial charge in [0.2, 0.25) is 6.79 Å². The number of amides is 1. The number of carbonyl (C=O) groups is 3. The van der Waals surface area contributed by atoms with Crippen molar-refractivity contribution in [3.05, 3.63) is 48.0 Å². The number of methoxy groups -OCH3 is 1. The van der Waals surface area contributed by atoms with Crippen LogP contribution in [0.1, 0.15) is 77.7 Å². The Balaban J connectivity index is 0.000000604. The largest absolute Gasteiger partial charge is 0.508 e. The topological polar surface area (TPSA) is 147 Å². The van der Waals surface area contributed by atoms with E-state index in [4.69, 9.17) is 25.1 Å². The van der Waals surface area contributed by atoms with Gasteiger partial charge in [-0.25, -0.2) is 9.37 Å².